The van der Waals surface area contributed by atoms with Crippen molar-refractivity contribution in [2.45, 2.75) is 51.2 Å². The van der Waals surface area contributed by atoms with Gasteiger partial charge in [-0.25, -0.2) is 9.59 Å². The summed E-state index contributed by atoms with van der Waals surface area (Å²) >= 11 is 0. The Hall–Kier alpha value is -2.65. The standard InChI is InChI=1S/C16H23N3O7/c1-9-6-4-5-7-16(9)13(22)19(14(23)18-16)8-11(20)26-10(2)12(21)17-15(24)25-3/h9-10H,4-8H2,1-3H3,(H,18,23)(H,17,21,24)/t9-,10+,16-/m1/s1. The van der Waals surface area contributed by atoms with Gasteiger partial charge >= 0.3 is 18.1 Å². The zero-order valence-electron chi connectivity index (χ0n) is 15.0. The van der Waals surface area contributed by atoms with E-state index in [1.807, 2.05) is 12.2 Å². The molecule has 2 aliphatic rings. The number of alkyl carbamates (subject to hydrolysis) is 1. The molecule has 0 radical (unpaired) electrons. The number of carbonyl (C=O) groups excluding carboxylic acids is 5. The van der Waals surface area contributed by atoms with E-state index in [1.165, 1.54) is 6.92 Å². The Morgan fingerprint density at radius 1 is 1.35 bits per heavy atom. The Balaban J connectivity index is 1.96. The van der Waals surface area contributed by atoms with Crippen LogP contribution in [0, 0.1) is 5.92 Å². The molecule has 0 aromatic carbocycles. The molecular formula is C16H23N3O7. The fourth-order valence-electron chi connectivity index (χ4n) is 3.31. The number of hydrogen-bond donors (Lipinski definition) is 2. The highest BCUT2D eigenvalue weighted by atomic mass is 16.6. The van der Waals surface area contributed by atoms with Gasteiger partial charge in [0.1, 0.15) is 12.1 Å². The topological polar surface area (TPSA) is 131 Å². The summed E-state index contributed by atoms with van der Waals surface area (Å²) in [6, 6.07) is -0.646. The van der Waals surface area contributed by atoms with Gasteiger partial charge in [0.2, 0.25) is 0 Å². The normalized spacial score (nSPS) is 26.3. The molecule has 1 aliphatic heterocycles. The van der Waals surface area contributed by atoms with Crippen molar-refractivity contribution in [3.05, 3.63) is 0 Å². The average Bonchev–Trinajstić information content (AvgIpc) is 2.82. The lowest BCUT2D eigenvalue weighted by Gasteiger charge is -2.36. The Morgan fingerprint density at radius 3 is 2.65 bits per heavy atom. The van der Waals surface area contributed by atoms with Gasteiger partial charge in [-0.05, 0) is 25.7 Å². The molecular weight excluding hydrogens is 346 g/mol. The summed E-state index contributed by atoms with van der Waals surface area (Å²) < 4.78 is 9.15. The molecule has 2 N–H and O–H groups in total. The number of carbonyl (C=O) groups is 5. The van der Waals surface area contributed by atoms with E-state index in [-0.39, 0.29) is 5.92 Å². The number of nitrogens with zero attached hydrogens (tertiary/aromatic N) is 1. The number of rotatable bonds is 4. The molecule has 1 saturated heterocycles. The molecule has 1 spiro atoms. The molecule has 0 unspecified atom stereocenters. The Kier molecular flexibility index (Phi) is 5.83. The lowest BCUT2D eigenvalue weighted by Crippen LogP contribution is -2.54. The highest BCUT2D eigenvalue weighted by Gasteiger charge is 2.55. The number of ether oxygens (including phenoxy) is 2. The molecule has 1 heterocycles. The maximum atomic E-state index is 12.7. The quantitative estimate of drug-likeness (QED) is 0.538. The molecule has 2 fully saturated rings. The summed E-state index contributed by atoms with van der Waals surface area (Å²) in [7, 11) is 1.08. The van der Waals surface area contributed by atoms with E-state index in [0.29, 0.717) is 6.42 Å². The number of urea groups is 1. The van der Waals surface area contributed by atoms with Crippen LogP contribution >= 0.6 is 0 Å². The van der Waals surface area contributed by atoms with Crippen LogP contribution in [0.2, 0.25) is 0 Å². The van der Waals surface area contributed by atoms with Gasteiger partial charge in [0.25, 0.3) is 11.8 Å². The van der Waals surface area contributed by atoms with Crippen LogP contribution in [-0.2, 0) is 23.9 Å². The predicted octanol–water partition coefficient (Wildman–Crippen LogP) is 0.301. The summed E-state index contributed by atoms with van der Waals surface area (Å²) in [6.07, 6.45) is 0.877. The van der Waals surface area contributed by atoms with Crippen molar-refractivity contribution >= 4 is 29.9 Å². The van der Waals surface area contributed by atoms with Gasteiger partial charge in [0, 0.05) is 0 Å². The Labute approximate surface area is 150 Å². The summed E-state index contributed by atoms with van der Waals surface area (Å²) in [6.45, 7) is 2.56. The molecule has 5 amide bonds. The van der Waals surface area contributed by atoms with Gasteiger partial charge in [-0.15, -0.1) is 0 Å². The van der Waals surface area contributed by atoms with Gasteiger partial charge in [-0.2, -0.15) is 0 Å². The fraction of sp³-hybridized carbons (Fsp3) is 0.688. The molecule has 2 rings (SSSR count). The predicted molar refractivity (Wildman–Crippen MR) is 86.7 cm³/mol. The van der Waals surface area contributed by atoms with E-state index in [0.717, 1.165) is 31.3 Å². The Morgan fingerprint density at radius 2 is 2.04 bits per heavy atom. The van der Waals surface area contributed by atoms with Crippen molar-refractivity contribution in [3.8, 4) is 0 Å². The van der Waals surface area contributed by atoms with Crippen LogP contribution in [0.25, 0.3) is 0 Å². The van der Waals surface area contributed by atoms with Crippen LogP contribution in [0.15, 0.2) is 0 Å². The first-order valence-electron chi connectivity index (χ1n) is 8.43. The smallest absolute Gasteiger partial charge is 0.413 e. The van der Waals surface area contributed by atoms with Gasteiger partial charge in [-0.3, -0.25) is 24.6 Å². The summed E-state index contributed by atoms with van der Waals surface area (Å²) in [4.78, 5) is 60.4. The van der Waals surface area contributed by atoms with Crippen molar-refractivity contribution < 1.29 is 33.4 Å². The highest BCUT2D eigenvalue weighted by molar-refractivity contribution is 6.09. The van der Waals surface area contributed by atoms with Gasteiger partial charge in [-0.1, -0.05) is 19.8 Å². The van der Waals surface area contributed by atoms with Crippen molar-refractivity contribution in [1.82, 2.24) is 15.5 Å². The lowest BCUT2D eigenvalue weighted by molar-refractivity contribution is -0.156. The maximum absolute atomic E-state index is 12.7. The maximum Gasteiger partial charge on any atom is 0.413 e. The van der Waals surface area contributed by atoms with Gasteiger partial charge in [0.15, 0.2) is 6.10 Å². The van der Waals surface area contributed by atoms with Crippen LogP contribution in [-0.4, -0.2) is 60.1 Å². The Bertz CT molecular complexity index is 635. The van der Waals surface area contributed by atoms with E-state index < -0.39 is 48.1 Å². The molecule has 0 aromatic rings. The third-order valence-electron chi connectivity index (χ3n) is 4.88. The minimum atomic E-state index is -1.29. The number of nitrogens with one attached hydrogen (secondary N) is 2. The molecule has 1 aliphatic carbocycles. The second-order valence-electron chi connectivity index (χ2n) is 6.55. The van der Waals surface area contributed by atoms with Crippen LogP contribution in [0.1, 0.15) is 39.5 Å². The number of hydrogen-bond acceptors (Lipinski definition) is 7. The van der Waals surface area contributed by atoms with Crippen LogP contribution in [0.4, 0.5) is 9.59 Å². The number of methoxy groups -OCH3 is 1. The average molecular weight is 369 g/mol. The molecule has 0 aromatic heterocycles. The van der Waals surface area contributed by atoms with Crippen LogP contribution < -0.4 is 10.6 Å². The summed E-state index contributed by atoms with van der Waals surface area (Å²) in [5, 5.41) is 4.58. The van der Waals surface area contributed by atoms with E-state index in [9.17, 15) is 24.0 Å². The van der Waals surface area contributed by atoms with Crippen LogP contribution in [0.5, 0.6) is 0 Å². The third-order valence-corrected chi connectivity index (χ3v) is 4.88. The number of amides is 5. The van der Waals surface area contributed by atoms with Crippen LogP contribution in [0.3, 0.4) is 0 Å². The number of esters is 1. The van der Waals surface area contributed by atoms with Gasteiger partial charge < -0.3 is 14.8 Å². The molecule has 26 heavy (non-hydrogen) atoms. The minimum Gasteiger partial charge on any atom is -0.453 e. The zero-order chi connectivity index (χ0) is 19.5. The van der Waals surface area contributed by atoms with E-state index in [4.69, 9.17) is 4.74 Å². The summed E-state index contributed by atoms with van der Waals surface area (Å²) in [5.41, 5.74) is -0.969. The second kappa shape index (κ2) is 7.71. The van der Waals surface area contributed by atoms with Crippen molar-refractivity contribution in [2.24, 2.45) is 5.92 Å². The molecule has 10 heteroatoms. The largest absolute Gasteiger partial charge is 0.453 e. The molecule has 144 valence electrons. The molecule has 1 saturated carbocycles. The first-order valence-corrected chi connectivity index (χ1v) is 8.43. The molecule has 10 nitrogen and oxygen atoms in total. The van der Waals surface area contributed by atoms with Crippen molar-refractivity contribution in [3.63, 3.8) is 0 Å². The highest BCUT2D eigenvalue weighted by Crippen LogP contribution is 2.38. The van der Waals surface area contributed by atoms with Gasteiger partial charge in [0.05, 0.1) is 7.11 Å². The lowest BCUT2D eigenvalue weighted by atomic mass is 9.73. The zero-order valence-corrected chi connectivity index (χ0v) is 15.0. The van der Waals surface area contributed by atoms with Crippen molar-refractivity contribution in [2.75, 3.05) is 13.7 Å². The third kappa shape index (κ3) is 3.78. The van der Waals surface area contributed by atoms with E-state index in [2.05, 4.69) is 10.1 Å². The fourth-order valence-corrected chi connectivity index (χ4v) is 3.31. The first-order chi connectivity index (χ1) is 12.2. The monoisotopic (exact) mass is 369 g/mol. The molecule has 0 bridgehead atoms. The van der Waals surface area contributed by atoms with E-state index >= 15 is 0 Å². The molecule has 3 atom stereocenters. The van der Waals surface area contributed by atoms with E-state index in [1.54, 1.807) is 0 Å². The first kappa shape index (κ1) is 19.7. The SMILES string of the molecule is COC(=O)NC(=O)[C@H](C)OC(=O)CN1C(=O)N[C@@]2(CCCC[C@H]2C)C1=O. The second-order valence-corrected chi connectivity index (χ2v) is 6.55. The number of imide groups is 2. The van der Waals surface area contributed by atoms with Crippen molar-refractivity contribution in [1.29, 1.82) is 0 Å². The summed E-state index contributed by atoms with van der Waals surface area (Å²) in [5.74, 6) is -2.28. The minimum absolute atomic E-state index is 0.0292.